The van der Waals surface area contributed by atoms with E-state index >= 15 is 0 Å². The molecule has 0 amide bonds. The molecule has 27 heavy (non-hydrogen) atoms. The summed E-state index contributed by atoms with van der Waals surface area (Å²) < 4.78 is 25.0. The zero-order chi connectivity index (χ0) is 19.4. The molecule has 1 aromatic heterocycles. The zero-order valence-electron chi connectivity index (χ0n) is 15.8. The topological polar surface area (TPSA) is 56.3 Å². The predicted octanol–water partition coefficient (Wildman–Crippen LogP) is 4.78. The van der Waals surface area contributed by atoms with Gasteiger partial charge < -0.3 is 14.8 Å². The highest BCUT2D eigenvalue weighted by atomic mass is 19.1. The minimum atomic E-state index is -0.440. The summed E-state index contributed by atoms with van der Waals surface area (Å²) in [5.74, 6) is 1.71. The number of aryl methyl sites for hydroxylation is 1. The Morgan fingerprint density at radius 2 is 1.78 bits per heavy atom. The largest absolute Gasteiger partial charge is 0.497 e. The normalized spacial score (nSPS) is 11.7. The lowest BCUT2D eigenvalue weighted by molar-refractivity contribution is 0.387. The van der Waals surface area contributed by atoms with Crippen LogP contribution in [0.15, 0.2) is 48.5 Å². The highest BCUT2D eigenvalue weighted by Crippen LogP contribution is 2.30. The zero-order valence-corrected chi connectivity index (χ0v) is 15.8. The van der Waals surface area contributed by atoms with Crippen molar-refractivity contribution in [2.75, 3.05) is 19.5 Å². The van der Waals surface area contributed by atoms with Gasteiger partial charge in [-0.1, -0.05) is 18.2 Å². The van der Waals surface area contributed by atoms with Gasteiger partial charge >= 0.3 is 0 Å². The van der Waals surface area contributed by atoms with Crippen molar-refractivity contribution in [2.45, 2.75) is 19.9 Å². The standard InChI is InChI=1S/C21H22FN3O2/c1-13(15-7-5-8-16(11-15)26-3)23-20-12-18(24-14(2)25-20)17-9-6-10-19(27-4)21(17)22/h5-13H,1-4H3,(H,23,24,25). The van der Waals surface area contributed by atoms with Gasteiger partial charge in [0.1, 0.15) is 17.4 Å². The Morgan fingerprint density at radius 1 is 1.00 bits per heavy atom. The molecule has 0 aliphatic heterocycles. The van der Waals surface area contributed by atoms with Crippen molar-refractivity contribution in [1.82, 2.24) is 9.97 Å². The third-order valence-corrected chi connectivity index (χ3v) is 4.26. The fourth-order valence-electron chi connectivity index (χ4n) is 2.86. The molecule has 0 radical (unpaired) electrons. The van der Waals surface area contributed by atoms with Gasteiger partial charge in [0.15, 0.2) is 11.6 Å². The summed E-state index contributed by atoms with van der Waals surface area (Å²) in [4.78, 5) is 8.81. The first-order valence-electron chi connectivity index (χ1n) is 8.61. The number of halogens is 1. The Hall–Kier alpha value is -3.15. The van der Waals surface area contributed by atoms with E-state index in [2.05, 4.69) is 15.3 Å². The molecular weight excluding hydrogens is 345 g/mol. The third-order valence-electron chi connectivity index (χ3n) is 4.26. The fourth-order valence-corrected chi connectivity index (χ4v) is 2.86. The molecule has 0 bridgehead atoms. The van der Waals surface area contributed by atoms with Gasteiger partial charge in [-0.2, -0.15) is 0 Å². The molecule has 1 heterocycles. The van der Waals surface area contributed by atoms with Gasteiger partial charge in [0.2, 0.25) is 0 Å². The molecule has 3 rings (SSSR count). The van der Waals surface area contributed by atoms with Crippen LogP contribution in [0.25, 0.3) is 11.3 Å². The van der Waals surface area contributed by atoms with Crippen LogP contribution in [0.1, 0.15) is 24.4 Å². The number of methoxy groups -OCH3 is 2. The lowest BCUT2D eigenvalue weighted by Crippen LogP contribution is -2.09. The number of hydrogen-bond acceptors (Lipinski definition) is 5. The van der Waals surface area contributed by atoms with E-state index in [-0.39, 0.29) is 11.8 Å². The molecule has 1 N–H and O–H groups in total. The molecule has 140 valence electrons. The highest BCUT2D eigenvalue weighted by Gasteiger charge is 2.14. The third kappa shape index (κ3) is 4.16. The maximum Gasteiger partial charge on any atom is 0.174 e. The lowest BCUT2D eigenvalue weighted by Gasteiger charge is -2.17. The number of nitrogens with one attached hydrogen (secondary N) is 1. The first-order valence-corrected chi connectivity index (χ1v) is 8.61. The number of anilines is 1. The van der Waals surface area contributed by atoms with Crippen LogP contribution in [0.2, 0.25) is 0 Å². The molecule has 1 unspecified atom stereocenters. The summed E-state index contributed by atoms with van der Waals surface area (Å²) in [6.07, 6.45) is 0. The molecule has 0 fully saturated rings. The van der Waals surface area contributed by atoms with Gasteiger partial charge in [0, 0.05) is 11.6 Å². The second-order valence-corrected chi connectivity index (χ2v) is 6.15. The molecule has 6 heteroatoms. The maximum atomic E-state index is 14.6. The van der Waals surface area contributed by atoms with Crippen molar-refractivity contribution in [3.63, 3.8) is 0 Å². The molecule has 1 atom stereocenters. The van der Waals surface area contributed by atoms with Crippen molar-refractivity contribution in [3.8, 4) is 22.8 Å². The van der Waals surface area contributed by atoms with Crippen LogP contribution in [-0.2, 0) is 0 Å². The van der Waals surface area contributed by atoms with Gasteiger partial charge in [-0.25, -0.2) is 14.4 Å². The molecular formula is C21H22FN3O2. The van der Waals surface area contributed by atoms with Crippen molar-refractivity contribution in [2.24, 2.45) is 0 Å². The van der Waals surface area contributed by atoms with Crippen LogP contribution in [0.5, 0.6) is 11.5 Å². The van der Waals surface area contributed by atoms with E-state index < -0.39 is 5.82 Å². The minimum Gasteiger partial charge on any atom is -0.497 e. The lowest BCUT2D eigenvalue weighted by atomic mass is 10.1. The monoisotopic (exact) mass is 367 g/mol. The Balaban J connectivity index is 1.92. The average molecular weight is 367 g/mol. The first-order chi connectivity index (χ1) is 13.0. The number of nitrogens with zero attached hydrogens (tertiary/aromatic N) is 2. The van der Waals surface area contributed by atoms with E-state index in [0.29, 0.717) is 22.9 Å². The Labute approximate surface area is 158 Å². The average Bonchev–Trinajstić information content (AvgIpc) is 2.67. The Bertz CT molecular complexity index is 946. The van der Waals surface area contributed by atoms with Gasteiger partial charge in [0.05, 0.1) is 26.0 Å². The van der Waals surface area contributed by atoms with E-state index in [1.807, 2.05) is 31.2 Å². The predicted molar refractivity (Wildman–Crippen MR) is 104 cm³/mol. The number of rotatable bonds is 6. The van der Waals surface area contributed by atoms with Gasteiger partial charge in [-0.3, -0.25) is 0 Å². The summed E-state index contributed by atoms with van der Waals surface area (Å²) in [5, 5.41) is 3.35. The van der Waals surface area contributed by atoms with Crippen LogP contribution in [0.3, 0.4) is 0 Å². The van der Waals surface area contributed by atoms with Crippen molar-refractivity contribution >= 4 is 5.82 Å². The molecule has 0 saturated heterocycles. The van der Waals surface area contributed by atoms with Gasteiger partial charge in [-0.15, -0.1) is 0 Å². The Kier molecular flexibility index (Phi) is 5.54. The van der Waals surface area contributed by atoms with Gasteiger partial charge in [-0.05, 0) is 43.7 Å². The van der Waals surface area contributed by atoms with E-state index in [1.54, 1.807) is 38.3 Å². The molecule has 0 aliphatic rings. The molecule has 3 aromatic rings. The van der Waals surface area contributed by atoms with E-state index in [1.165, 1.54) is 7.11 Å². The molecule has 0 aliphatic carbocycles. The summed E-state index contributed by atoms with van der Waals surface area (Å²) >= 11 is 0. The summed E-state index contributed by atoms with van der Waals surface area (Å²) in [6, 6.07) is 14.5. The first kappa shape index (κ1) is 18.6. The summed E-state index contributed by atoms with van der Waals surface area (Å²) in [5.41, 5.74) is 1.93. The second kappa shape index (κ2) is 8.03. The van der Waals surface area contributed by atoms with Crippen molar-refractivity contribution in [1.29, 1.82) is 0 Å². The highest BCUT2D eigenvalue weighted by molar-refractivity contribution is 5.65. The van der Waals surface area contributed by atoms with Crippen molar-refractivity contribution < 1.29 is 13.9 Å². The number of ether oxygens (including phenoxy) is 2. The minimum absolute atomic E-state index is 0.0163. The fraction of sp³-hybridized carbons (Fsp3) is 0.238. The molecule has 5 nitrogen and oxygen atoms in total. The van der Waals surface area contributed by atoms with Crippen LogP contribution in [-0.4, -0.2) is 24.2 Å². The van der Waals surface area contributed by atoms with Crippen LogP contribution >= 0.6 is 0 Å². The summed E-state index contributed by atoms with van der Waals surface area (Å²) in [6.45, 7) is 3.81. The number of aromatic nitrogens is 2. The van der Waals surface area contributed by atoms with Gasteiger partial charge in [0.25, 0.3) is 0 Å². The van der Waals surface area contributed by atoms with Crippen LogP contribution < -0.4 is 14.8 Å². The molecule has 2 aromatic carbocycles. The molecule has 0 spiro atoms. The van der Waals surface area contributed by atoms with Crippen LogP contribution in [0.4, 0.5) is 10.2 Å². The van der Waals surface area contributed by atoms with Crippen molar-refractivity contribution in [3.05, 3.63) is 65.7 Å². The SMILES string of the molecule is COc1cccc(C(C)Nc2cc(-c3cccc(OC)c3F)nc(C)n2)c1. The number of benzene rings is 2. The van der Waals surface area contributed by atoms with E-state index in [9.17, 15) is 4.39 Å². The maximum absolute atomic E-state index is 14.6. The van der Waals surface area contributed by atoms with E-state index in [0.717, 1.165) is 11.3 Å². The molecule has 0 saturated carbocycles. The van der Waals surface area contributed by atoms with E-state index in [4.69, 9.17) is 9.47 Å². The Morgan fingerprint density at radius 3 is 2.52 bits per heavy atom. The quantitative estimate of drug-likeness (QED) is 0.679. The smallest absolute Gasteiger partial charge is 0.174 e. The second-order valence-electron chi connectivity index (χ2n) is 6.15. The van der Waals surface area contributed by atoms with Crippen LogP contribution in [0, 0.1) is 12.7 Å². The number of hydrogen-bond donors (Lipinski definition) is 1. The summed E-state index contributed by atoms with van der Waals surface area (Å²) in [7, 11) is 3.08.